The highest BCUT2D eigenvalue weighted by atomic mass is 32.1. The van der Waals surface area contributed by atoms with E-state index in [1.807, 2.05) is 0 Å². The average Bonchev–Trinajstić information content (AvgIpc) is 2.78. The van der Waals surface area contributed by atoms with Gasteiger partial charge in [0.25, 0.3) is 0 Å². The molecule has 2 nitrogen and oxygen atoms in total. The summed E-state index contributed by atoms with van der Waals surface area (Å²) < 4.78 is 3.06. The largest absolute Gasteiger partial charge is 0.335 e. The summed E-state index contributed by atoms with van der Waals surface area (Å²) in [6, 6.07) is 0. The molecule has 1 aromatic rings. The second-order valence-corrected chi connectivity index (χ2v) is 4.93. The summed E-state index contributed by atoms with van der Waals surface area (Å²) in [5, 5.41) is 0. The molecule has 0 aromatic carbocycles. The van der Waals surface area contributed by atoms with Gasteiger partial charge in [0.2, 0.25) is 0 Å². The second-order valence-electron chi connectivity index (χ2n) is 4.54. The van der Waals surface area contributed by atoms with Crippen LogP contribution >= 0.6 is 12.2 Å². The minimum Gasteiger partial charge on any atom is -0.335 e. The predicted molar refractivity (Wildman–Crippen MR) is 56.4 cm³/mol. The number of imidazole rings is 1. The van der Waals surface area contributed by atoms with E-state index in [9.17, 15) is 0 Å². The third-order valence-corrected chi connectivity index (χ3v) is 3.34. The normalized spacial score (nSPS) is 17.8. The highest BCUT2D eigenvalue weighted by molar-refractivity contribution is 7.71. The van der Waals surface area contributed by atoms with Crippen LogP contribution in [0.2, 0.25) is 0 Å². The van der Waals surface area contributed by atoms with Crippen molar-refractivity contribution in [1.29, 1.82) is 0 Å². The average molecular weight is 196 g/mol. The van der Waals surface area contributed by atoms with Crippen molar-refractivity contribution in [2.75, 3.05) is 0 Å². The van der Waals surface area contributed by atoms with Gasteiger partial charge in [0, 0.05) is 17.4 Å². The number of aryl methyl sites for hydroxylation is 1. The van der Waals surface area contributed by atoms with Crippen molar-refractivity contribution in [3.63, 3.8) is 0 Å². The monoisotopic (exact) mass is 196 g/mol. The Morgan fingerprint density at radius 3 is 2.54 bits per heavy atom. The lowest BCUT2D eigenvalue weighted by atomic mass is 9.99. The van der Waals surface area contributed by atoms with Crippen LogP contribution in [-0.2, 0) is 5.54 Å². The van der Waals surface area contributed by atoms with E-state index in [0.717, 1.165) is 16.4 Å². The standard InChI is InChI=1S/C10H16N2S/c1-7-6-12(9(13)11-7)10(2,3)8-4-5-8/h6,8H,4-5H2,1-3H3,(H,11,13). The van der Waals surface area contributed by atoms with Gasteiger partial charge in [0.05, 0.1) is 0 Å². The molecule has 0 radical (unpaired) electrons. The molecule has 72 valence electrons. The topological polar surface area (TPSA) is 20.7 Å². The fraction of sp³-hybridized carbons (Fsp3) is 0.700. The fourth-order valence-corrected chi connectivity index (χ4v) is 2.38. The summed E-state index contributed by atoms with van der Waals surface area (Å²) in [5.41, 5.74) is 1.35. The first-order valence-corrected chi connectivity index (χ1v) is 5.21. The summed E-state index contributed by atoms with van der Waals surface area (Å²) >= 11 is 5.28. The second kappa shape index (κ2) is 2.71. The quantitative estimate of drug-likeness (QED) is 0.721. The molecular weight excluding hydrogens is 180 g/mol. The van der Waals surface area contributed by atoms with Gasteiger partial charge in [-0.2, -0.15) is 0 Å². The molecule has 1 heterocycles. The van der Waals surface area contributed by atoms with Gasteiger partial charge < -0.3 is 9.55 Å². The zero-order chi connectivity index (χ0) is 9.64. The number of aromatic nitrogens is 2. The minimum absolute atomic E-state index is 0.196. The van der Waals surface area contributed by atoms with Crippen LogP contribution in [0.5, 0.6) is 0 Å². The number of hydrogen-bond acceptors (Lipinski definition) is 1. The maximum absolute atomic E-state index is 5.28. The van der Waals surface area contributed by atoms with Crippen molar-refractivity contribution in [2.45, 2.75) is 39.2 Å². The SMILES string of the molecule is Cc1cn(C(C)(C)C2CC2)c(=S)[nH]1. The van der Waals surface area contributed by atoms with Gasteiger partial charge in [-0.15, -0.1) is 0 Å². The molecule has 1 aliphatic rings. The molecule has 13 heavy (non-hydrogen) atoms. The third-order valence-electron chi connectivity index (χ3n) is 3.04. The smallest absolute Gasteiger partial charge is 0.177 e. The fourth-order valence-electron chi connectivity index (χ4n) is 1.93. The molecule has 0 saturated heterocycles. The number of hydrogen-bond donors (Lipinski definition) is 1. The Hall–Kier alpha value is -0.570. The molecule has 0 aliphatic heterocycles. The van der Waals surface area contributed by atoms with Crippen LogP contribution in [0.1, 0.15) is 32.4 Å². The van der Waals surface area contributed by atoms with E-state index < -0.39 is 0 Å². The number of rotatable bonds is 2. The van der Waals surface area contributed by atoms with E-state index in [1.165, 1.54) is 12.8 Å². The lowest BCUT2D eigenvalue weighted by molar-refractivity contribution is 0.301. The minimum atomic E-state index is 0.196. The highest BCUT2D eigenvalue weighted by Gasteiger charge is 2.39. The Balaban J connectivity index is 2.43. The van der Waals surface area contributed by atoms with Crippen molar-refractivity contribution in [1.82, 2.24) is 9.55 Å². The van der Waals surface area contributed by atoms with Crippen LogP contribution in [0.4, 0.5) is 0 Å². The summed E-state index contributed by atoms with van der Waals surface area (Å²) in [7, 11) is 0. The van der Waals surface area contributed by atoms with E-state index in [1.54, 1.807) is 0 Å². The summed E-state index contributed by atoms with van der Waals surface area (Å²) in [6.07, 6.45) is 4.82. The van der Waals surface area contributed by atoms with Gasteiger partial charge in [-0.3, -0.25) is 0 Å². The van der Waals surface area contributed by atoms with Crippen LogP contribution in [0.3, 0.4) is 0 Å². The zero-order valence-electron chi connectivity index (χ0n) is 8.42. The predicted octanol–water partition coefficient (Wildman–Crippen LogP) is 3.00. The van der Waals surface area contributed by atoms with E-state index in [4.69, 9.17) is 12.2 Å². The van der Waals surface area contributed by atoms with Gasteiger partial charge in [-0.1, -0.05) is 0 Å². The van der Waals surface area contributed by atoms with E-state index in [0.29, 0.717) is 0 Å². The molecule has 2 rings (SSSR count). The highest BCUT2D eigenvalue weighted by Crippen LogP contribution is 2.43. The summed E-state index contributed by atoms with van der Waals surface area (Å²) in [6.45, 7) is 6.59. The van der Waals surface area contributed by atoms with E-state index in [2.05, 4.69) is 36.5 Å². The first-order chi connectivity index (χ1) is 6.01. The Labute approximate surface area is 84.0 Å². The van der Waals surface area contributed by atoms with Crippen molar-refractivity contribution >= 4 is 12.2 Å². The molecule has 0 unspecified atom stereocenters. The van der Waals surface area contributed by atoms with Crippen LogP contribution in [0.15, 0.2) is 6.20 Å². The summed E-state index contributed by atoms with van der Waals surface area (Å²) in [5.74, 6) is 0.814. The van der Waals surface area contributed by atoms with Gasteiger partial charge >= 0.3 is 0 Å². The third kappa shape index (κ3) is 1.46. The molecule has 0 atom stereocenters. The van der Waals surface area contributed by atoms with Crippen molar-refractivity contribution in [2.24, 2.45) is 5.92 Å². The molecule has 1 N–H and O–H groups in total. The molecule has 0 spiro atoms. The number of nitrogens with zero attached hydrogens (tertiary/aromatic N) is 1. The Kier molecular flexibility index (Phi) is 1.88. The molecule has 0 bridgehead atoms. The van der Waals surface area contributed by atoms with Crippen molar-refractivity contribution < 1.29 is 0 Å². The van der Waals surface area contributed by atoms with Crippen LogP contribution in [0.25, 0.3) is 0 Å². The zero-order valence-corrected chi connectivity index (χ0v) is 9.24. The maximum Gasteiger partial charge on any atom is 0.177 e. The molecule has 1 fully saturated rings. The van der Waals surface area contributed by atoms with Crippen LogP contribution < -0.4 is 0 Å². The molecule has 1 saturated carbocycles. The van der Waals surface area contributed by atoms with Crippen LogP contribution in [-0.4, -0.2) is 9.55 Å². The van der Waals surface area contributed by atoms with Crippen molar-refractivity contribution in [3.8, 4) is 0 Å². The number of aromatic amines is 1. The van der Waals surface area contributed by atoms with E-state index >= 15 is 0 Å². The number of H-pyrrole nitrogens is 1. The molecular formula is C10H16N2S. The first kappa shape index (κ1) is 9.00. The van der Waals surface area contributed by atoms with Gasteiger partial charge in [0.15, 0.2) is 4.77 Å². The molecule has 3 heteroatoms. The Bertz CT molecular complexity index is 369. The first-order valence-electron chi connectivity index (χ1n) is 4.80. The van der Waals surface area contributed by atoms with Gasteiger partial charge in [0.1, 0.15) is 0 Å². The van der Waals surface area contributed by atoms with Crippen molar-refractivity contribution in [3.05, 3.63) is 16.7 Å². The maximum atomic E-state index is 5.28. The van der Waals surface area contributed by atoms with Gasteiger partial charge in [-0.25, -0.2) is 0 Å². The lowest BCUT2D eigenvalue weighted by Gasteiger charge is -2.26. The molecule has 0 amide bonds. The summed E-state index contributed by atoms with van der Waals surface area (Å²) in [4.78, 5) is 3.17. The number of nitrogens with one attached hydrogen (secondary N) is 1. The van der Waals surface area contributed by atoms with E-state index in [-0.39, 0.29) is 5.54 Å². The Morgan fingerprint density at radius 1 is 1.54 bits per heavy atom. The molecule has 1 aliphatic carbocycles. The Morgan fingerprint density at radius 2 is 2.15 bits per heavy atom. The van der Waals surface area contributed by atoms with Crippen LogP contribution in [0, 0.1) is 17.6 Å². The molecule has 1 aromatic heterocycles. The lowest BCUT2D eigenvalue weighted by Crippen LogP contribution is -2.28. The van der Waals surface area contributed by atoms with Gasteiger partial charge in [-0.05, 0) is 51.7 Å².